The Morgan fingerprint density at radius 2 is 1.89 bits per heavy atom. The molecule has 0 radical (unpaired) electrons. The van der Waals surface area contributed by atoms with Gasteiger partial charge in [0.1, 0.15) is 18.0 Å². The Kier molecular flexibility index (Phi) is 4.92. The number of carbonyl (C=O) groups excluding carboxylic acids is 1. The van der Waals surface area contributed by atoms with Crippen LogP contribution in [0, 0.1) is 0 Å². The summed E-state index contributed by atoms with van der Waals surface area (Å²) in [4.78, 5) is 14.4. The largest absolute Gasteiger partial charge is 0.490 e. The van der Waals surface area contributed by atoms with Crippen LogP contribution < -0.4 is 10.1 Å². The summed E-state index contributed by atoms with van der Waals surface area (Å²) in [6, 6.07) is 12.6. The number of fused-ring (bicyclic) bond motifs is 2. The molecule has 0 bridgehead atoms. The van der Waals surface area contributed by atoms with Gasteiger partial charge >= 0.3 is 6.09 Å². The Hall–Kier alpha value is -2.69. The number of benzene rings is 2. The fourth-order valence-electron chi connectivity index (χ4n) is 3.93. The molecule has 4 rings (SSSR count). The summed E-state index contributed by atoms with van der Waals surface area (Å²) in [5.41, 5.74) is 5.53. The number of hydrogen-bond donors (Lipinski definition) is 1. The van der Waals surface area contributed by atoms with E-state index in [9.17, 15) is 4.79 Å². The summed E-state index contributed by atoms with van der Waals surface area (Å²) >= 11 is 0. The van der Waals surface area contributed by atoms with E-state index >= 15 is 0 Å². The van der Waals surface area contributed by atoms with Crippen LogP contribution in [0.4, 0.5) is 10.5 Å². The van der Waals surface area contributed by atoms with E-state index in [0.717, 1.165) is 30.8 Å². The first-order chi connectivity index (χ1) is 13.4. The molecule has 5 heteroatoms. The molecule has 2 aliphatic rings. The molecular weight excluding hydrogens is 352 g/mol. The highest BCUT2D eigenvalue weighted by molar-refractivity contribution is 5.87. The fourth-order valence-corrected chi connectivity index (χ4v) is 3.93. The summed E-state index contributed by atoms with van der Waals surface area (Å²) in [5, 5.41) is 3.54. The van der Waals surface area contributed by atoms with Crippen molar-refractivity contribution in [2.75, 3.05) is 31.6 Å². The zero-order valence-electron chi connectivity index (χ0n) is 16.9. The first kappa shape index (κ1) is 18.7. The van der Waals surface area contributed by atoms with Crippen LogP contribution in [0.15, 0.2) is 36.4 Å². The zero-order valence-corrected chi connectivity index (χ0v) is 16.9. The Labute approximate surface area is 166 Å². The van der Waals surface area contributed by atoms with Crippen molar-refractivity contribution in [2.45, 2.75) is 39.2 Å². The summed E-state index contributed by atoms with van der Waals surface area (Å²) in [6.45, 7) is 8.50. The van der Waals surface area contributed by atoms with Crippen LogP contribution in [0.3, 0.4) is 0 Å². The molecule has 148 valence electrons. The van der Waals surface area contributed by atoms with E-state index in [1.165, 1.54) is 22.3 Å². The molecule has 0 aromatic heterocycles. The van der Waals surface area contributed by atoms with Gasteiger partial charge in [-0.25, -0.2) is 4.79 Å². The summed E-state index contributed by atoms with van der Waals surface area (Å²) in [6.07, 6.45) is 1.36. The average Bonchev–Trinajstić information content (AvgIpc) is 2.88. The van der Waals surface area contributed by atoms with Crippen molar-refractivity contribution in [1.82, 2.24) is 4.90 Å². The molecule has 2 aromatic carbocycles. The van der Waals surface area contributed by atoms with Gasteiger partial charge in [0.05, 0.1) is 5.69 Å². The van der Waals surface area contributed by atoms with E-state index in [0.29, 0.717) is 19.7 Å². The monoisotopic (exact) mass is 380 g/mol. The van der Waals surface area contributed by atoms with E-state index < -0.39 is 5.60 Å². The Balaban J connectivity index is 1.71. The highest BCUT2D eigenvalue weighted by atomic mass is 16.6. The molecular formula is C23H28N2O3. The van der Waals surface area contributed by atoms with Crippen molar-refractivity contribution in [3.63, 3.8) is 0 Å². The van der Waals surface area contributed by atoms with E-state index in [1.54, 1.807) is 0 Å². The van der Waals surface area contributed by atoms with Gasteiger partial charge in [-0.3, -0.25) is 0 Å². The number of rotatable bonds is 1. The SMILES string of the molecule is CC(C)(C)OC(=O)N1CCc2cc3c(c(-c4ccccc4)c2CC1)NCCO3. The maximum absolute atomic E-state index is 12.6. The van der Waals surface area contributed by atoms with Gasteiger partial charge in [0, 0.05) is 25.2 Å². The number of amides is 1. The number of nitrogens with one attached hydrogen (secondary N) is 1. The first-order valence-corrected chi connectivity index (χ1v) is 10.0. The lowest BCUT2D eigenvalue weighted by molar-refractivity contribution is 0.0258. The third kappa shape index (κ3) is 3.79. The van der Waals surface area contributed by atoms with Crippen LogP contribution in [0.5, 0.6) is 5.75 Å². The van der Waals surface area contributed by atoms with Crippen LogP contribution in [0.25, 0.3) is 11.1 Å². The molecule has 0 atom stereocenters. The Morgan fingerprint density at radius 1 is 1.14 bits per heavy atom. The van der Waals surface area contributed by atoms with Crippen molar-refractivity contribution in [3.8, 4) is 16.9 Å². The molecule has 28 heavy (non-hydrogen) atoms. The molecule has 1 amide bonds. The standard InChI is InChI=1S/C23H28N2O3/c1-23(2,3)28-22(26)25-12-9-17-15-19-21(24-11-14-27-19)20(18(17)10-13-25)16-7-5-4-6-8-16/h4-8,15,24H,9-14H2,1-3H3. The number of hydrogen-bond acceptors (Lipinski definition) is 4. The van der Waals surface area contributed by atoms with Crippen LogP contribution in [0.2, 0.25) is 0 Å². The summed E-state index contributed by atoms with van der Waals surface area (Å²) < 4.78 is 11.6. The van der Waals surface area contributed by atoms with E-state index in [-0.39, 0.29) is 6.09 Å². The zero-order chi connectivity index (χ0) is 19.7. The van der Waals surface area contributed by atoms with Gasteiger partial charge in [-0.15, -0.1) is 0 Å². The highest BCUT2D eigenvalue weighted by Crippen LogP contribution is 2.43. The Bertz CT molecular complexity index is 872. The summed E-state index contributed by atoms with van der Waals surface area (Å²) in [7, 11) is 0. The number of carbonyl (C=O) groups is 1. The first-order valence-electron chi connectivity index (χ1n) is 10.0. The minimum Gasteiger partial charge on any atom is -0.490 e. The number of ether oxygens (including phenoxy) is 2. The highest BCUT2D eigenvalue weighted by Gasteiger charge is 2.28. The van der Waals surface area contributed by atoms with Gasteiger partial charge in [0.2, 0.25) is 0 Å². The van der Waals surface area contributed by atoms with Crippen molar-refractivity contribution in [1.29, 1.82) is 0 Å². The van der Waals surface area contributed by atoms with E-state index in [4.69, 9.17) is 9.47 Å². The maximum atomic E-state index is 12.6. The van der Waals surface area contributed by atoms with Gasteiger partial charge in [0.15, 0.2) is 0 Å². The molecule has 2 heterocycles. The second kappa shape index (κ2) is 7.38. The molecule has 5 nitrogen and oxygen atoms in total. The maximum Gasteiger partial charge on any atom is 0.410 e. The van der Waals surface area contributed by atoms with Gasteiger partial charge in [-0.05, 0) is 56.4 Å². The van der Waals surface area contributed by atoms with Crippen LogP contribution in [-0.4, -0.2) is 42.8 Å². The molecule has 1 N–H and O–H groups in total. The second-order valence-electron chi connectivity index (χ2n) is 8.37. The minimum atomic E-state index is -0.484. The van der Waals surface area contributed by atoms with Crippen molar-refractivity contribution in [2.24, 2.45) is 0 Å². The molecule has 2 aromatic rings. The summed E-state index contributed by atoms with van der Waals surface area (Å²) in [5.74, 6) is 0.912. The van der Waals surface area contributed by atoms with Crippen molar-refractivity contribution >= 4 is 11.8 Å². The second-order valence-corrected chi connectivity index (χ2v) is 8.37. The van der Waals surface area contributed by atoms with Gasteiger partial charge in [-0.2, -0.15) is 0 Å². The predicted molar refractivity (Wildman–Crippen MR) is 111 cm³/mol. The van der Waals surface area contributed by atoms with E-state index in [1.807, 2.05) is 31.7 Å². The lowest BCUT2D eigenvalue weighted by Gasteiger charge is -2.26. The number of anilines is 1. The minimum absolute atomic E-state index is 0.235. The third-order valence-electron chi connectivity index (χ3n) is 5.15. The van der Waals surface area contributed by atoms with Crippen LogP contribution >= 0.6 is 0 Å². The fraction of sp³-hybridized carbons (Fsp3) is 0.435. The lowest BCUT2D eigenvalue weighted by Crippen LogP contribution is -2.38. The average molecular weight is 380 g/mol. The van der Waals surface area contributed by atoms with Crippen LogP contribution in [-0.2, 0) is 17.6 Å². The molecule has 2 aliphatic heterocycles. The van der Waals surface area contributed by atoms with Gasteiger partial charge < -0.3 is 19.7 Å². The number of nitrogens with zero attached hydrogens (tertiary/aromatic N) is 1. The molecule has 0 fully saturated rings. The molecule has 0 saturated carbocycles. The van der Waals surface area contributed by atoms with E-state index in [2.05, 4.69) is 35.6 Å². The lowest BCUT2D eigenvalue weighted by atomic mass is 9.90. The third-order valence-corrected chi connectivity index (χ3v) is 5.15. The molecule has 0 aliphatic carbocycles. The smallest absolute Gasteiger partial charge is 0.410 e. The molecule has 0 unspecified atom stereocenters. The topological polar surface area (TPSA) is 50.8 Å². The van der Waals surface area contributed by atoms with Crippen molar-refractivity contribution in [3.05, 3.63) is 47.5 Å². The van der Waals surface area contributed by atoms with Crippen LogP contribution in [0.1, 0.15) is 31.9 Å². The van der Waals surface area contributed by atoms with Gasteiger partial charge in [-0.1, -0.05) is 30.3 Å². The Morgan fingerprint density at radius 3 is 2.64 bits per heavy atom. The molecule has 0 spiro atoms. The normalized spacial score (nSPS) is 16.2. The van der Waals surface area contributed by atoms with Gasteiger partial charge in [0.25, 0.3) is 0 Å². The van der Waals surface area contributed by atoms with Crippen molar-refractivity contribution < 1.29 is 14.3 Å². The predicted octanol–water partition coefficient (Wildman–Crippen LogP) is 4.49. The molecule has 0 saturated heterocycles. The quantitative estimate of drug-likeness (QED) is 0.792.